The lowest BCUT2D eigenvalue weighted by Gasteiger charge is -2.19. The number of methoxy groups -OCH3 is 1. The standard InChI is InChI=1S/C19H24N2O5S/c1-5-18(26-17-11-9-16(25-3)10-12-17)19(22)20-14-7-6-8-15(13-14)21(2)27(4,23)24/h6-13,18H,5H2,1-4H3,(H,20,22)/t18-/m1/s1. The van der Waals surface area contributed by atoms with Gasteiger partial charge in [0.25, 0.3) is 5.91 Å². The first-order valence-corrected chi connectivity index (χ1v) is 10.2. The van der Waals surface area contributed by atoms with Gasteiger partial charge >= 0.3 is 0 Å². The number of nitrogens with one attached hydrogen (secondary N) is 1. The maximum absolute atomic E-state index is 12.6. The number of carbonyl (C=O) groups is 1. The number of amides is 1. The zero-order valence-electron chi connectivity index (χ0n) is 15.8. The lowest BCUT2D eigenvalue weighted by molar-refractivity contribution is -0.122. The van der Waals surface area contributed by atoms with Gasteiger partial charge < -0.3 is 14.8 Å². The van der Waals surface area contributed by atoms with Crippen molar-refractivity contribution in [3.05, 3.63) is 48.5 Å². The largest absolute Gasteiger partial charge is 0.497 e. The molecule has 1 atom stereocenters. The van der Waals surface area contributed by atoms with Crippen LogP contribution in [0, 0.1) is 0 Å². The van der Waals surface area contributed by atoms with Crippen LogP contribution in [-0.2, 0) is 14.8 Å². The normalized spacial score (nSPS) is 12.1. The summed E-state index contributed by atoms with van der Waals surface area (Å²) in [6, 6.07) is 13.6. The fourth-order valence-corrected chi connectivity index (χ4v) is 2.83. The molecule has 7 nitrogen and oxygen atoms in total. The molecule has 0 fully saturated rings. The van der Waals surface area contributed by atoms with Crippen LogP contribution >= 0.6 is 0 Å². The Morgan fingerprint density at radius 2 is 1.78 bits per heavy atom. The lowest BCUT2D eigenvalue weighted by Crippen LogP contribution is -2.32. The van der Waals surface area contributed by atoms with Crippen molar-refractivity contribution in [3.8, 4) is 11.5 Å². The van der Waals surface area contributed by atoms with Gasteiger partial charge in [0.05, 0.1) is 19.1 Å². The first-order valence-electron chi connectivity index (χ1n) is 8.40. The molecule has 2 rings (SSSR count). The summed E-state index contributed by atoms with van der Waals surface area (Å²) in [5.74, 6) is 0.947. The SMILES string of the molecule is CC[C@@H](Oc1ccc(OC)cc1)C(=O)Nc1cccc(N(C)S(C)(=O)=O)c1. The van der Waals surface area contributed by atoms with E-state index in [4.69, 9.17) is 9.47 Å². The van der Waals surface area contributed by atoms with Gasteiger partial charge in [0.2, 0.25) is 10.0 Å². The summed E-state index contributed by atoms with van der Waals surface area (Å²) in [6.07, 6.45) is 0.907. The van der Waals surface area contributed by atoms with Crippen LogP contribution in [0.3, 0.4) is 0 Å². The van der Waals surface area contributed by atoms with Gasteiger partial charge in [-0.3, -0.25) is 9.10 Å². The molecular weight excluding hydrogens is 368 g/mol. The molecule has 0 radical (unpaired) electrons. The van der Waals surface area contributed by atoms with Gasteiger partial charge in [-0.1, -0.05) is 13.0 Å². The van der Waals surface area contributed by atoms with Crippen LogP contribution in [-0.4, -0.2) is 40.8 Å². The third kappa shape index (κ3) is 5.62. The Labute approximate surface area is 160 Å². The molecule has 0 saturated carbocycles. The highest BCUT2D eigenvalue weighted by Gasteiger charge is 2.19. The summed E-state index contributed by atoms with van der Waals surface area (Å²) in [5, 5.41) is 2.77. The molecule has 1 N–H and O–H groups in total. The summed E-state index contributed by atoms with van der Waals surface area (Å²) in [4.78, 5) is 12.6. The quantitative estimate of drug-likeness (QED) is 0.747. The highest BCUT2D eigenvalue weighted by molar-refractivity contribution is 7.92. The summed E-state index contributed by atoms with van der Waals surface area (Å²) >= 11 is 0. The monoisotopic (exact) mass is 392 g/mol. The third-order valence-corrected chi connectivity index (χ3v) is 5.18. The van der Waals surface area contributed by atoms with Crippen molar-refractivity contribution < 1.29 is 22.7 Å². The minimum Gasteiger partial charge on any atom is -0.497 e. The highest BCUT2D eigenvalue weighted by atomic mass is 32.2. The Hall–Kier alpha value is -2.74. The van der Waals surface area contributed by atoms with E-state index in [9.17, 15) is 13.2 Å². The molecular formula is C19H24N2O5S. The number of anilines is 2. The van der Waals surface area contributed by atoms with Gasteiger partial charge in [-0.2, -0.15) is 0 Å². The summed E-state index contributed by atoms with van der Waals surface area (Å²) in [5.41, 5.74) is 0.948. The number of carbonyl (C=O) groups excluding carboxylic acids is 1. The molecule has 0 unspecified atom stereocenters. The van der Waals surface area contributed by atoms with Crippen LogP contribution in [0.4, 0.5) is 11.4 Å². The maximum Gasteiger partial charge on any atom is 0.265 e. The lowest BCUT2D eigenvalue weighted by atomic mass is 10.2. The van der Waals surface area contributed by atoms with E-state index in [-0.39, 0.29) is 5.91 Å². The van der Waals surface area contributed by atoms with E-state index in [0.29, 0.717) is 29.3 Å². The number of rotatable bonds is 8. The average Bonchev–Trinajstić information content (AvgIpc) is 2.65. The molecule has 0 aliphatic carbocycles. The van der Waals surface area contributed by atoms with E-state index >= 15 is 0 Å². The average molecular weight is 392 g/mol. The molecule has 0 aliphatic rings. The second-order valence-electron chi connectivity index (χ2n) is 5.96. The van der Waals surface area contributed by atoms with Crippen molar-refractivity contribution in [2.75, 3.05) is 30.0 Å². The van der Waals surface area contributed by atoms with Crippen LogP contribution in [0.15, 0.2) is 48.5 Å². The van der Waals surface area contributed by atoms with Crippen LogP contribution in [0.25, 0.3) is 0 Å². The van der Waals surface area contributed by atoms with Crippen LogP contribution < -0.4 is 19.1 Å². The number of benzene rings is 2. The Kier molecular flexibility index (Phi) is 6.68. The van der Waals surface area contributed by atoms with Crippen molar-refractivity contribution in [1.29, 1.82) is 0 Å². The molecule has 2 aromatic rings. The van der Waals surface area contributed by atoms with E-state index in [1.54, 1.807) is 55.6 Å². The predicted octanol–water partition coefficient (Wildman–Crippen LogP) is 2.89. The van der Waals surface area contributed by atoms with Crippen LogP contribution in [0.2, 0.25) is 0 Å². The Bertz CT molecular complexity index is 881. The summed E-state index contributed by atoms with van der Waals surface area (Å²) in [6.45, 7) is 1.85. The fraction of sp³-hybridized carbons (Fsp3) is 0.316. The molecule has 0 bridgehead atoms. The molecule has 27 heavy (non-hydrogen) atoms. The highest BCUT2D eigenvalue weighted by Crippen LogP contribution is 2.22. The zero-order valence-corrected chi connectivity index (χ0v) is 16.6. The maximum atomic E-state index is 12.6. The van der Waals surface area contributed by atoms with E-state index in [2.05, 4.69) is 5.32 Å². The minimum absolute atomic E-state index is 0.313. The molecule has 0 aromatic heterocycles. The van der Waals surface area contributed by atoms with Gasteiger partial charge in [0.15, 0.2) is 6.10 Å². The molecule has 0 saturated heterocycles. The Morgan fingerprint density at radius 1 is 1.15 bits per heavy atom. The first-order chi connectivity index (χ1) is 12.7. The van der Waals surface area contributed by atoms with Gasteiger partial charge in [-0.15, -0.1) is 0 Å². The predicted molar refractivity (Wildman–Crippen MR) is 106 cm³/mol. The van der Waals surface area contributed by atoms with E-state index < -0.39 is 16.1 Å². The van der Waals surface area contributed by atoms with Gasteiger partial charge in [0, 0.05) is 12.7 Å². The van der Waals surface area contributed by atoms with Gasteiger partial charge in [-0.05, 0) is 48.9 Å². The van der Waals surface area contributed by atoms with E-state index in [0.717, 1.165) is 10.6 Å². The molecule has 146 valence electrons. The second kappa shape index (κ2) is 8.77. The minimum atomic E-state index is -3.38. The number of sulfonamides is 1. The number of ether oxygens (including phenoxy) is 2. The van der Waals surface area contributed by atoms with Crippen LogP contribution in [0.5, 0.6) is 11.5 Å². The second-order valence-corrected chi connectivity index (χ2v) is 7.97. The van der Waals surface area contributed by atoms with Crippen molar-refractivity contribution in [2.24, 2.45) is 0 Å². The van der Waals surface area contributed by atoms with Crippen molar-refractivity contribution >= 4 is 27.3 Å². The Morgan fingerprint density at radius 3 is 2.33 bits per heavy atom. The molecule has 8 heteroatoms. The molecule has 1 amide bonds. The van der Waals surface area contributed by atoms with E-state index in [1.807, 2.05) is 6.92 Å². The van der Waals surface area contributed by atoms with Crippen LogP contribution in [0.1, 0.15) is 13.3 Å². The molecule has 0 heterocycles. The molecule has 2 aromatic carbocycles. The van der Waals surface area contributed by atoms with Crippen molar-refractivity contribution in [1.82, 2.24) is 0 Å². The first kappa shape index (κ1) is 20.6. The van der Waals surface area contributed by atoms with Crippen molar-refractivity contribution in [3.63, 3.8) is 0 Å². The topological polar surface area (TPSA) is 84.9 Å². The molecule has 0 spiro atoms. The van der Waals surface area contributed by atoms with Crippen molar-refractivity contribution in [2.45, 2.75) is 19.4 Å². The Balaban J connectivity index is 2.09. The van der Waals surface area contributed by atoms with Gasteiger partial charge in [-0.25, -0.2) is 8.42 Å². The van der Waals surface area contributed by atoms with E-state index in [1.165, 1.54) is 7.05 Å². The third-order valence-electron chi connectivity index (χ3n) is 3.98. The van der Waals surface area contributed by atoms with Gasteiger partial charge in [0.1, 0.15) is 11.5 Å². The summed E-state index contributed by atoms with van der Waals surface area (Å²) in [7, 11) is -0.350. The zero-order chi connectivity index (χ0) is 20.0. The smallest absolute Gasteiger partial charge is 0.265 e. The fourth-order valence-electron chi connectivity index (χ4n) is 2.33. The molecule has 0 aliphatic heterocycles. The number of hydrogen-bond donors (Lipinski definition) is 1. The number of hydrogen-bond acceptors (Lipinski definition) is 5. The number of nitrogens with zero attached hydrogens (tertiary/aromatic N) is 1. The summed E-state index contributed by atoms with van der Waals surface area (Å²) < 4.78 is 35.4.